The molecular weight excluding hydrogens is 302 g/mol. The van der Waals surface area contributed by atoms with Crippen LogP contribution in [0.4, 0.5) is 0 Å². The van der Waals surface area contributed by atoms with Crippen LogP contribution in [0.1, 0.15) is 42.4 Å². The largest absolute Gasteiger partial charge is 0.393 e. The minimum Gasteiger partial charge on any atom is -0.393 e. The van der Waals surface area contributed by atoms with Gasteiger partial charge in [-0.05, 0) is 50.7 Å². The Morgan fingerprint density at radius 1 is 1.33 bits per heavy atom. The molecule has 24 heavy (non-hydrogen) atoms. The van der Waals surface area contributed by atoms with Crippen LogP contribution in [-0.4, -0.2) is 47.8 Å². The Balaban J connectivity index is 1.61. The van der Waals surface area contributed by atoms with Crippen molar-refractivity contribution in [1.82, 2.24) is 4.90 Å². The third-order valence-electron chi connectivity index (χ3n) is 5.58. The molecule has 1 aromatic rings. The molecule has 1 aromatic carbocycles. The molecule has 0 aliphatic carbocycles. The maximum absolute atomic E-state index is 12.8. The summed E-state index contributed by atoms with van der Waals surface area (Å²) >= 11 is 0. The second-order valence-corrected chi connectivity index (χ2v) is 7.32. The van der Waals surface area contributed by atoms with Gasteiger partial charge in [0.05, 0.1) is 12.7 Å². The molecule has 0 saturated carbocycles. The molecular formula is C20H29NO3. The molecule has 132 valence electrons. The molecule has 4 nitrogen and oxygen atoms in total. The number of hydrogen-bond acceptors (Lipinski definition) is 3. The van der Waals surface area contributed by atoms with Crippen molar-refractivity contribution in [3.8, 4) is 0 Å². The first-order valence-corrected chi connectivity index (χ1v) is 9.17. The first kappa shape index (κ1) is 17.4. The van der Waals surface area contributed by atoms with Crippen molar-refractivity contribution in [1.29, 1.82) is 0 Å². The van der Waals surface area contributed by atoms with Crippen molar-refractivity contribution in [2.75, 3.05) is 19.8 Å². The minimum atomic E-state index is -0.337. The fourth-order valence-corrected chi connectivity index (χ4v) is 4.17. The second kappa shape index (κ2) is 7.66. The van der Waals surface area contributed by atoms with Crippen LogP contribution in [0.25, 0.3) is 0 Å². The van der Waals surface area contributed by atoms with Crippen molar-refractivity contribution in [2.45, 2.75) is 58.1 Å². The van der Waals surface area contributed by atoms with Gasteiger partial charge >= 0.3 is 0 Å². The Morgan fingerprint density at radius 2 is 2.17 bits per heavy atom. The Morgan fingerprint density at radius 3 is 2.92 bits per heavy atom. The molecule has 0 aromatic heterocycles. The van der Waals surface area contributed by atoms with Gasteiger partial charge in [0.1, 0.15) is 0 Å². The summed E-state index contributed by atoms with van der Waals surface area (Å²) in [5, 5.41) is 10.3. The predicted octanol–water partition coefficient (Wildman–Crippen LogP) is 2.62. The number of rotatable bonds is 4. The molecule has 3 rings (SSSR count). The highest BCUT2D eigenvalue weighted by atomic mass is 16.5. The van der Waals surface area contributed by atoms with Gasteiger partial charge in [-0.25, -0.2) is 0 Å². The van der Waals surface area contributed by atoms with E-state index >= 15 is 0 Å². The highest BCUT2D eigenvalue weighted by Crippen LogP contribution is 2.30. The molecule has 4 heteroatoms. The van der Waals surface area contributed by atoms with Gasteiger partial charge in [-0.2, -0.15) is 0 Å². The quantitative estimate of drug-likeness (QED) is 0.923. The zero-order valence-corrected chi connectivity index (χ0v) is 14.8. The van der Waals surface area contributed by atoms with E-state index in [2.05, 4.69) is 32.0 Å². The van der Waals surface area contributed by atoms with Gasteiger partial charge in [-0.1, -0.05) is 23.8 Å². The zero-order chi connectivity index (χ0) is 17.1. The SMILES string of the molecule is Cc1ccc(CCC(=O)N2CCCC2C2COCCC2O)c(C)c1. The van der Waals surface area contributed by atoms with E-state index in [1.807, 2.05) is 4.90 Å². The standard InChI is InChI=1S/C20H29NO3/c1-14-5-6-16(15(2)12-14)7-8-20(23)21-10-3-4-18(21)17-13-24-11-9-19(17)22/h5-6,12,17-19,22H,3-4,7-11,13H2,1-2H3. The van der Waals surface area contributed by atoms with Crippen molar-refractivity contribution in [3.05, 3.63) is 34.9 Å². The number of aryl methyl sites for hydroxylation is 3. The Bertz CT molecular complexity index is 586. The molecule has 0 spiro atoms. The van der Waals surface area contributed by atoms with Crippen LogP contribution < -0.4 is 0 Å². The average molecular weight is 331 g/mol. The summed E-state index contributed by atoms with van der Waals surface area (Å²) in [6, 6.07) is 6.57. The number of carbonyl (C=O) groups excluding carboxylic acids is 1. The molecule has 3 atom stereocenters. The number of aliphatic hydroxyl groups excluding tert-OH is 1. The lowest BCUT2D eigenvalue weighted by Crippen LogP contribution is -2.48. The van der Waals surface area contributed by atoms with Crippen molar-refractivity contribution >= 4 is 5.91 Å². The molecule has 2 fully saturated rings. The normalized spacial score (nSPS) is 27.5. The predicted molar refractivity (Wildman–Crippen MR) is 93.9 cm³/mol. The number of hydrogen-bond donors (Lipinski definition) is 1. The number of aliphatic hydroxyl groups is 1. The van der Waals surface area contributed by atoms with E-state index < -0.39 is 0 Å². The van der Waals surface area contributed by atoms with Crippen LogP contribution in [0.2, 0.25) is 0 Å². The van der Waals surface area contributed by atoms with Crippen LogP contribution in [0.5, 0.6) is 0 Å². The van der Waals surface area contributed by atoms with Crippen molar-refractivity contribution in [3.63, 3.8) is 0 Å². The lowest BCUT2D eigenvalue weighted by Gasteiger charge is -2.37. The molecule has 1 amide bonds. The van der Waals surface area contributed by atoms with Gasteiger partial charge in [0, 0.05) is 31.5 Å². The van der Waals surface area contributed by atoms with E-state index in [1.165, 1.54) is 16.7 Å². The fourth-order valence-electron chi connectivity index (χ4n) is 4.17. The van der Waals surface area contributed by atoms with E-state index in [9.17, 15) is 9.90 Å². The maximum Gasteiger partial charge on any atom is 0.223 e. The molecule has 2 saturated heterocycles. The molecule has 1 N–H and O–H groups in total. The number of carbonyl (C=O) groups is 1. The van der Waals surface area contributed by atoms with Gasteiger partial charge in [-0.15, -0.1) is 0 Å². The molecule has 0 bridgehead atoms. The highest BCUT2D eigenvalue weighted by molar-refractivity contribution is 5.77. The van der Waals surface area contributed by atoms with Crippen LogP contribution in [0.15, 0.2) is 18.2 Å². The van der Waals surface area contributed by atoms with Crippen molar-refractivity contribution in [2.24, 2.45) is 5.92 Å². The minimum absolute atomic E-state index is 0.0753. The summed E-state index contributed by atoms with van der Waals surface area (Å²) in [4.78, 5) is 14.8. The monoisotopic (exact) mass is 331 g/mol. The Labute approximate surface area is 144 Å². The van der Waals surface area contributed by atoms with Crippen molar-refractivity contribution < 1.29 is 14.6 Å². The van der Waals surface area contributed by atoms with E-state index in [0.717, 1.165) is 25.8 Å². The first-order chi connectivity index (χ1) is 11.6. The highest BCUT2D eigenvalue weighted by Gasteiger charge is 2.39. The third kappa shape index (κ3) is 3.81. The number of amides is 1. The number of ether oxygens (including phenoxy) is 1. The second-order valence-electron chi connectivity index (χ2n) is 7.32. The third-order valence-corrected chi connectivity index (χ3v) is 5.58. The fraction of sp³-hybridized carbons (Fsp3) is 0.650. The summed E-state index contributed by atoms with van der Waals surface area (Å²) in [5.41, 5.74) is 3.77. The number of likely N-dealkylation sites (tertiary alicyclic amines) is 1. The van der Waals surface area contributed by atoms with E-state index in [0.29, 0.717) is 26.1 Å². The van der Waals surface area contributed by atoms with Gasteiger partial charge in [-0.3, -0.25) is 4.79 Å². The molecule has 3 unspecified atom stereocenters. The van der Waals surface area contributed by atoms with E-state index in [-0.39, 0.29) is 24.0 Å². The lowest BCUT2D eigenvalue weighted by atomic mass is 9.89. The molecule has 2 aliphatic rings. The van der Waals surface area contributed by atoms with Gasteiger partial charge in [0.2, 0.25) is 5.91 Å². The van der Waals surface area contributed by atoms with E-state index in [4.69, 9.17) is 4.74 Å². The Hall–Kier alpha value is -1.39. The van der Waals surface area contributed by atoms with Gasteiger partial charge in [0.15, 0.2) is 0 Å². The maximum atomic E-state index is 12.8. The zero-order valence-electron chi connectivity index (χ0n) is 14.8. The summed E-state index contributed by atoms with van der Waals surface area (Å²) in [5.74, 6) is 0.293. The van der Waals surface area contributed by atoms with Gasteiger partial charge in [0.25, 0.3) is 0 Å². The van der Waals surface area contributed by atoms with Gasteiger partial charge < -0.3 is 14.7 Å². The summed E-state index contributed by atoms with van der Waals surface area (Å²) in [7, 11) is 0. The van der Waals surface area contributed by atoms with E-state index in [1.54, 1.807) is 0 Å². The Kier molecular flexibility index (Phi) is 5.57. The topological polar surface area (TPSA) is 49.8 Å². The number of benzene rings is 1. The smallest absolute Gasteiger partial charge is 0.223 e. The molecule has 0 radical (unpaired) electrons. The van der Waals surface area contributed by atoms with Crippen LogP contribution in [0, 0.1) is 19.8 Å². The summed E-state index contributed by atoms with van der Waals surface area (Å²) in [6.07, 6.45) is 3.70. The van der Waals surface area contributed by atoms with Crippen LogP contribution in [0.3, 0.4) is 0 Å². The number of nitrogens with zero attached hydrogens (tertiary/aromatic N) is 1. The van der Waals surface area contributed by atoms with Crippen LogP contribution in [-0.2, 0) is 16.0 Å². The lowest BCUT2D eigenvalue weighted by molar-refractivity contribution is -0.136. The first-order valence-electron chi connectivity index (χ1n) is 9.17. The van der Waals surface area contributed by atoms with Crippen LogP contribution >= 0.6 is 0 Å². The average Bonchev–Trinajstić information content (AvgIpc) is 3.03. The molecule has 2 aliphatic heterocycles. The summed E-state index contributed by atoms with van der Waals surface area (Å²) in [6.45, 7) is 6.23. The summed E-state index contributed by atoms with van der Waals surface area (Å²) < 4.78 is 5.55. The molecule has 2 heterocycles.